The Morgan fingerprint density at radius 3 is 2.38 bits per heavy atom. The topological polar surface area (TPSA) is 48.3 Å². The molecule has 2 aliphatic rings. The first-order valence-electron chi connectivity index (χ1n) is 10.5. The average Bonchev–Trinajstić information content (AvgIpc) is 2.95. The summed E-state index contributed by atoms with van der Waals surface area (Å²) in [5.74, 6) is 1.08. The van der Waals surface area contributed by atoms with Crippen LogP contribution in [0.2, 0.25) is 0 Å². The van der Waals surface area contributed by atoms with Crippen LogP contribution >= 0.6 is 11.8 Å². The predicted octanol–water partition coefficient (Wildman–Crippen LogP) is 3.88. The van der Waals surface area contributed by atoms with Gasteiger partial charge in [-0.1, -0.05) is 55.9 Å². The third kappa shape index (κ3) is 5.60. The fourth-order valence-corrected chi connectivity index (χ4v) is 4.47. The second kappa shape index (κ2) is 11.4. The zero-order valence-corrected chi connectivity index (χ0v) is 18.2. The molecule has 5 nitrogen and oxygen atoms in total. The molecule has 2 aromatic rings. The molecule has 6 heteroatoms. The van der Waals surface area contributed by atoms with Gasteiger partial charge in [0.25, 0.3) is 0 Å². The maximum Gasteiger partial charge on any atom is 0.137 e. The monoisotopic (exact) mass is 413 g/mol. The van der Waals surface area contributed by atoms with Crippen molar-refractivity contribution in [3.05, 3.63) is 54.1 Å². The van der Waals surface area contributed by atoms with Gasteiger partial charge in [-0.2, -0.15) is 0 Å². The molecule has 0 amide bonds. The van der Waals surface area contributed by atoms with Gasteiger partial charge in [-0.25, -0.2) is 4.99 Å². The van der Waals surface area contributed by atoms with Crippen molar-refractivity contribution in [1.82, 2.24) is 9.80 Å². The van der Waals surface area contributed by atoms with E-state index in [0.29, 0.717) is 13.2 Å². The third-order valence-corrected chi connectivity index (χ3v) is 6.04. The third-order valence-electron chi connectivity index (χ3n) is 4.90. The van der Waals surface area contributed by atoms with Crippen LogP contribution in [0, 0.1) is 0 Å². The van der Waals surface area contributed by atoms with Gasteiger partial charge in [0.15, 0.2) is 0 Å². The summed E-state index contributed by atoms with van der Waals surface area (Å²) in [6.45, 7) is 10.0. The molecule has 156 valence electrons. The minimum absolute atomic E-state index is 0.0898. The summed E-state index contributed by atoms with van der Waals surface area (Å²) >= 11 is 1.80. The maximum atomic E-state index is 8.79. The fraction of sp³-hybridized carbons (Fsp3) is 0.435. The van der Waals surface area contributed by atoms with E-state index in [4.69, 9.17) is 14.8 Å². The number of rotatable bonds is 5. The van der Waals surface area contributed by atoms with E-state index in [9.17, 15) is 0 Å². The lowest BCUT2D eigenvalue weighted by Crippen LogP contribution is -2.49. The van der Waals surface area contributed by atoms with Crippen molar-refractivity contribution < 1.29 is 9.84 Å². The molecule has 2 aromatic carbocycles. The van der Waals surface area contributed by atoms with E-state index in [2.05, 4.69) is 58.3 Å². The van der Waals surface area contributed by atoms with Crippen molar-refractivity contribution in [3.63, 3.8) is 0 Å². The van der Waals surface area contributed by atoms with Crippen LogP contribution in [0.25, 0.3) is 0 Å². The quantitative estimate of drug-likeness (QED) is 0.754. The second-order valence-corrected chi connectivity index (χ2v) is 7.75. The first-order valence-corrected chi connectivity index (χ1v) is 11.3. The summed E-state index contributed by atoms with van der Waals surface area (Å²) in [6.07, 6.45) is 0. The van der Waals surface area contributed by atoms with Crippen LogP contribution < -0.4 is 0 Å². The van der Waals surface area contributed by atoms with Gasteiger partial charge in [-0.05, 0) is 18.2 Å². The van der Waals surface area contributed by atoms with Crippen LogP contribution in [0.4, 0.5) is 5.69 Å². The Bertz CT molecular complexity index is 804. The van der Waals surface area contributed by atoms with E-state index in [1.807, 2.05) is 13.8 Å². The van der Waals surface area contributed by atoms with Crippen molar-refractivity contribution in [2.75, 3.05) is 52.5 Å². The number of ether oxygens (including phenoxy) is 1. The highest BCUT2D eigenvalue weighted by atomic mass is 32.2. The van der Waals surface area contributed by atoms with Gasteiger partial charge in [-0.15, -0.1) is 0 Å². The van der Waals surface area contributed by atoms with Gasteiger partial charge >= 0.3 is 0 Å². The number of fused-ring (bicyclic) bond motifs is 2. The molecule has 0 radical (unpaired) electrons. The van der Waals surface area contributed by atoms with Crippen molar-refractivity contribution in [1.29, 1.82) is 0 Å². The fourth-order valence-electron chi connectivity index (χ4n) is 3.45. The molecule has 1 saturated heterocycles. The lowest BCUT2D eigenvalue weighted by atomic mass is 10.1. The predicted molar refractivity (Wildman–Crippen MR) is 120 cm³/mol. The lowest BCUT2D eigenvalue weighted by Gasteiger charge is -2.36. The van der Waals surface area contributed by atoms with Crippen LogP contribution in [0.3, 0.4) is 0 Å². The minimum Gasteiger partial charge on any atom is -0.394 e. The summed E-state index contributed by atoms with van der Waals surface area (Å²) in [5.41, 5.74) is 2.27. The largest absolute Gasteiger partial charge is 0.394 e. The molecule has 0 atom stereocenters. The molecule has 2 heterocycles. The number of aliphatic imine (C=N–C) groups is 1. The maximum absolute atomic E-state index is 8.79. The first-order chi connectivity index (χ1) is 14.3. The number of amidine groups is 1. The highest BCUT2D eigenvalue weighted by Gasteiger charge is 2.24. The summed E-state index contributed by atoms with van der Waals surface area (Å²) in [6, 6.07) is 16.9. The smallest absolute Gasteiger partial charge is 0.137 e. The Morgan fingerprint density at radius 2 is 1.62 bits per heavy atom. The molecular formula is C23H31N3O2S. The number of benzene rings is 2. The summed E-state index contributed by atoms with van der Waals surface area (Å²) in [5, 5.41) is 8.79. The summed E-state index contributed by atoms with van der Waals surface area (Å²) < 4.78 is 5.40. The van der Waals surface area contributed by atoms with E-state index in [0.717, 1.165) is 44.2 Å². The number of aliphatic hydroxyl groups excluding tert-OH is 1. The first kappa shape index (κ1) is 21.8. The van der Waals surface area contributed by atoms with E-state index < -0.39 is 0 Å². The van der Waals surface area contributed by atoms with Crippen molar-refractivity contribution in [2.45, 2.75) is 23.6 Å². The van der Waals surface area contributed by atoms with E-state index in [1.54, 1.807) is 11.8 Å². The number of piperazine rings is 1. The lowest BCUT2D eigenvalue weighted by molar-refractivity contribution is 0.0652. The SMILES string of the molecule is CC.OCCOCCN1CCN(C2=Nc3ccccc3Sc3ccccc32)CC1. The van der Waals surface area contributed by atoms with Crippen molar-refractivity contribution >= 4 is 23.3 Å². The molecule has 0 aliphatic carbocycles. The molecule has 0 unspecified atom stereocenters. The summed E-state index contributed by atoms with van der Waals surface area (Å²) in [4.78, 5) is 12.4. The molecule has 2 aliphatic heterocycles. The Hall–Kier alpha value is -1.86. The average molecular weight is 414 g/mol. The minimum atomic E-state index is 0.0898. The van der Waals surface area contributed by atoms with Crippen LogP contribution in [0.15, 0.2) is 63.3 Å². The Balaban J connectivity index is 0.00000117. The number of para-hydroxylation sites is 1. The number of hydrogen-bond acceptors (Lipinski definition) is 6. The van der Waals surface area contributed by atoms with Crippen LogP contribution in [0.5, 0.6) is 0 Å². The molecule has 1 fully saturated rings. The molecule has 1 N–H and O–H groups in total. The molecule has 29 heavy (non-hydrogen) atoms. The molecule has 0 bridgehead atoms. The van der Waals surface area contributed by atoms with Gasteiger partial charge in [0.1, 0.15) is 5.84 Å². The molecule has 0 saturated carbocycles. The Labute approximate surface area is 178 Å². The number of nitrogens with zero attached hydrogens (tertiary/aromatic N) is 3. The van der Waals surface area contributed by atoms with E-state index in [-0.39, 0.29) is 6.61 Å². The zero-order valence-electron chi connectivity index (χ0n) is 17.4. The highest BCUT2D eigenvalue weighted by Crippen LogP contribution is 2.40. The zero-order chi connectivity index (χ0) is 20.5. The standard InChI is InChI=1S/C21H25N3O2S.C2H6/c25-14-16-26-15-13-23-9-11-24(12-10-23)21-17-5-1-3-7-19(17)27-20-8-4-2-6-18(20)22-21;1-2/h1-8,25H,9-16H2;1-2H3. The van der Waals surface area contributed by atoms with Crippen LogP contribution in [-0.4, -0.2) is 73.3 Å². The van der Waals surface area contributed by atoms with Gasteiger partial charge in [0, 0.05) is 48.1 Å². The van der Waals surface area contributed by atoms with Gasteiger partial charge in [0.05, 0.1) is 25.5 Å². The van der Waals surface area contributed by atoms with Crippen LogP contribution in [-0.2, 0) is 4.74 Å². The van der Waals surface area contributed by atoms with Crippen molar-refractivity contribution in [3.8, 4) is 0 Å². The molecule has 0 spiro atoms. The normalized spacial score (nSPS) is 16.1. The molecular weight excluding hydrogens is 382 g/mol. The molecule has 0 aromatic heterocycles. The summed E-state index contributed by atoms with van der Waals surface area (Å²) in [7, 11) is 0. The van der Waals surface area contributed by atoms with E-state index >= 15 is 0 Å². The van der Waals surface area contributed by atoms with Gasteiger partial charge < -0.3 is 14.7 Å². The van der Waals surface area contributed by atoms with Crippen molar-refractivity contribution in [2.24, 2.45) is 4.99 Å². The van der Waals surface area contributed by atoms with E-state index in [1.165, 1.54) is 15.4 Å². The van der Waals surface area contributed by atoms with Crippen LogP contribution in [0.1, 0.15) is 19.4 Å². The highest BCUT2D eigenvalue weighted by molar-refractivity contribution is 7.99. The molecule has 4 rings (SSSR count). The van der Waals surface area contributed by atoms with Gasteiger partial charge in [0.2, 0.25) is 0 Å². The number of hydrogen-bond donors (Lipinski definition) is 1. The second-order valence-electron chi connectivity index (χ2n) is 6.67. The number of aliphatic hydroxyl groups is 1. The Morgan fingerprint density at radius 1 is 0.931 bits per heavy atom. The van der Waals surface area contributed by atoms with Gasteiger partial charge in [-0.3, -0.25) is 4.90 Å². The Kier molecular flexibility index (Phi) is 8.55.